The van der Waals surface area contributed by atoms with Crippen LogP contribution in [0.2, 0.25) is 0 Å². The van der Waals surface area contributed by atoms with Gasteiger partial charge < -0.3 is 4.90 Å². The second-order valence-electron chi connectivity index (χ2n) is 7.71. The maximum absolute atomic E-state index is 13.4. The minimum atomic E-state index is -3.80. The van der Waals surface area contributed by atoms with Crippen LogP contribution in [0.15, 0.2) is 15.6 Å². The lowest BCUT2D eigenvalue weighted by Gasteiger charge is -2.23. The molecule has 146 valence electrons. The van der Waals surface area contributed by atoms with Crippen LogP contribution in [0.1, 0.15) is 37.3 Å². The van der Waals surface area contributed by atoms with Crippen molar-refractivity contribution in [3.8, 4) is 0 Å². The summed E-state index contributed by atoms with van der Waals surface area (Å²) in [6.07, 6.45) is 2.19. The van der Waals surface area contributed by atoms with Gasteiger partial charge in [-0.15, -0.1) is 0 Å². The Balaban J connectivity index is 1.69. The molecule has 1 spiro atoms. The Hall–Kier alpha value is -2.00. The Kier molecular flexibility index (Phi) is 4.27. The first-order valence-corrected chi connectivity index (χ1v) is 10.8. The molecule has 0 radical (unpaired) electrons. The van der Waals surface area contributed by atoms with Gasteiger partial charge in [-0.2, -0.15) is 4.31 Å². The third kappa shape index (κ3) is 2.67. The lowest BCUT2D eigenvalue weighted by molar-refractivity contribution is -0.135. The number of nitrogens with zero attached hydrogens (tertiary/aromatic N) is 4. The van der Waals surface area contributed by atoms with Crippen LogP contribution in [0.4, 0.5) is 0 Å². The summed E-state index contributed by atoms with van der Waals surface area (Å²) in [5, 5.41) is 7.69. The maximum atomic E-state index is 13.4. The first-order valence-electron chi connectivity index (χ1n) is 9.32. The van der Waals surface area contributed by atoms with E-state index < -0.39 is 15.4 Å². The van der Waals surface area contributed by atoms with E-state index in [1.54, 1.807) is 13.0 Å². The van der Waals surface area contributed by atoms with Gasteiger partial charge >= 0.3 is 0 Å². The zero-order valence-electron chi connectivity index (χ0n) is 15.9. The first-order chi connectivity index (χ1) is 12.8. The van der Waals surface area contributed by atoms with E-state index >= 15 is 0 Å². The lowest BCUT2D eigenvalue weighted by atomic mass is 9.86. The third-order valence-electron chi connectivity index (χ3n) is 5.88. The largest absolute Gasteiger partial charge is 0.342 e. The number of fused-ring (bicyclic) bond motifs is 1. The molecule has 27 heavy (non-hydrogen) atoms. The van der Waals surface area contributed by atoms with Crippen molar-refractivity contribution in [3.05, 3.63) is 17.2 Å². The fourth-order valence-corrected chi connectivity index (χ4v) is 6.34. The van der Waals surface area contributed by atoms with Crippen LogP contribution < -0.4 is 0 Å². The van der Waals surface area contributed by atoms with Crippen molar-refractivity contribution in [1.29, 1.82) is 0 Å². The van der Waals surface area contributed by atoms with Gasteiger partial charge in [-0.05, 0) is 54.6 Å². The zero-order valence-corrected chi connectivity index (χ0v) is 16.7. The average Bonchev–Trinajstić information content (AvgIpc) is 3.31. The number of rotatable bonds is 4. The molecule has 2 aromatic rings. The van der Waals surface area contributed by atoms with E-state index in [1.165, 1.54) is 4.31 Å². The van der Waals surface area contributed by atoms with Gasteiger partial charge in [0.1, 0.15) is 10.4 Å². The standard InChI is InChI=1S/C18H24N4O4S/c1-4-7-21-8-5-18(17(21)23)6-9-22(11-18)27(24,25)16-13(3)10-12(2)14-15(16)20-26-19-14/h10H,4-9,11H2,1-3H3. The Morgan fingerprint density at radius 3 is 2.59 bits per heavy atom. The van der Waals surface area contributed by atoms with Gasteiger partial charge in [-0.3, -0.25) is 4.79 Å². The molecule has 2 fully saturated rings. The molecule has 0 saturated carbocycles. The maximum Gasteiger partial charge on any atom is 0.245 e. The number of sulfonamides is 1. The molecule has 1 aromatic carbocycles. The number of benzene rings is 1. The summed E-state index contributed by atoms with van der Waals surface area (Å²) >= 11 is 0. The van der Waals surface area contributed by atoms with E-state index in [9.17, 15) is 13.2 Å². The lowest BCUT2D eigenvalue weighted by Crippen LogP contribution is -2.38. The number of aromatic nitrogens is 2. The highest BCUT2D eigenvalue weighted by molar-refractivity contribution is 7.89. The normalized spacial score (nSPS) is 24.0. The number of likely N-dealkylation sites (tertiary alicyclic amines) is 1. The van der Waals surface area contributed by atoms with Gasteiger partial charge in [0.2, 0.25) is 15.9 Å². The molecular weight excluding hydrogens is 368 g/mol. The van der Waals surface area contributed by atoms with Crippen molar-refractivity contribution in [2.24, 2.45) is 5.41 Å². The van der Waals surface area contributed by atoms with Crippen LogP contribution in [0.5, 0.6) is 0 Å². The Bertz CT molecular complexity index is 1020. The van der Waals surface area contributed by atoms with Crippen molar-refractivity contribution >= 4 is 27.0 Å². The van der Waals surface area contributed by atoms with Crippen LogP contribution in [0, 0.1) is 19.3 Å². The molecule has 0 aliphatic carbocycles. The SMILES string of the molecule is CCCN1CCC2(CCN(S(=O)(=O)c3c(C)cc(C)c4nonc34)C2)C1=O. The smallest absolute Gasteiger partial charge is 0.245 e. The molecule has 1 amide bonds. The van der Waals surface area contributed by atoms with Gasteiger partial charge in [0.15, 0.2) is 5.52 Å². The second kappa shape index (κ2) is 6.27. The summed E-state index contributed by atoms with van der Waals surface area (Å²) in [7, 11) is -3.80. The highest BCUT2D eigenvalue weighted by atomic mass is 32.2. The zero-order chi connectivity index (χ0) is 19.4. The topological polar surface area (TPSA) is 96.6 Å². The van der Waals surface area contributed by atoms with E-state index in [-0.39, 0.29) is 22.9 Å². The monoisotopic (exact) mass is 392 g/mol. The molecule has 2 aliphatic rings. The van der Waals surface area contributed by atoms with Crippen molar-refractivity contribution in [2.45, 2.75) is 44.9 Å². The summed E-state index contributed by atoms with van der Waals surface area (Å²) in [4.78, 5) is 14.9. The summed E-state index contributed by atoms with van der Waals surface area (Å²) < 4.78 is 33.1. The van der Waals surface area contributed by atoms with E-state index in [0.29, 0.717) is 37.0 Å². The predicted molar refractivity (Wildman–Crippen MR) is 98.6 cm³/mol. The van der Waals surface area contributed by atoms with Gasteiger partial charge in [-0.25, -0.2) is 13.0 Å². The Morgan fingerprint density at radius 2 is 1.85 bits per heavy atom. The minimum absolute atomic E-state index is 0.0935. The molecule has 3 heterocycles. The number of carbonyl (C=O) groups excluding carboxylic acids is 1. The molecule has 1 unspecified atom stereocenters. The first kappa shape index (κ1) is 18.4. The Labute approximate surface area is 158 Å². The van der Waals surface area contributed by atoms with Gasteiger partial charge in [-0.1, -0.05) is 13.0 Å². The molecular formula is C18H24N4O4S. The van der Waals surface area contributed by atoms with E-state index in [2.05, 4.69) is 10.3 Å². The molecule has 1 atom stereocenters. The fourth-order valence-electron chi connectivity index (χ4n) is 4.49. The summed E-state index contributed by atoms with van der Waals surface area (Å²) in [6.45, 7) is 7.66. The summed E-state index contributed by atoms with van der Waals surface area (Å²) in [5.41, 5.74) is 1.57. The molecule has 2 saturated heterocycles. The van der Waals surface area contributed by atoms with Gasteiger partial charge in [0.25, 0.3) is 0 Å². The van der Waals surface area contributed by atoms with Crippen LogP contribution in [-0.4, -0.2) is 60.0 Å². The van der Waals surface area contributed by atoms with E-state index in [0.717, 1.165) is 18.5 Å². The third-order valence-corrected chi connectivity index (χ3v) is 7.90. The number of hydrogen-bond donors (Lipinski definition) is 0. The van der Waals surface area contributed by atoms with Crippen LogP contribution in [0.3, 0.4) is 0 Å². The average molecular weight is 392 g/mol. The number of hydrogen-bond acceptors (Lipinski definition) is 6. The molecule has 0 bridgehead atoms. The number of aryl methyl sites for hydroxylation is 2. The molecule has 2 aliphatic heterocycles. The highest BCUT2D eigenvalue weighted by Gasteiger charge is 2.53. The van der Waals surface area contributed by atoms with Crippen LogP contribution in [0.25, 0.3) is 11.0 Å². The molecule has 4 rings (SSSR count). The van der Waals surface area contributed by atoms with Crippen molar-refractivity contribution in [1.82, 2.24) is 19.5 Å². The molecule has 1 aromatic heterocycles. The Morgan fingerprint density at radius 1 is 1.15 bits per heavy atom. The highest BCUT2D eigenvalue weighted by Crippen LogP contribution is 2.43. The summed E-state index contributed by atoms with van der Waals surface area (Å²) in [6, 6.07) is 1.79. The van der Waals surface area contributed by atoms with Crippen molar-refractivity contribution in [3.63, 3.8) is 0 Å². The van der Waals surface area contributed by atoms with E-state index in [4.69, 9.17) is 4.63 Å². The molecule has 8 nitrogen and oxygen atoms in total. The van der Waals surface area contributed by atoms with Crippen LogP contribution in [-0.2, 0) is 14.8 Å². The molecule has 9 heteroatoms. The van der Waals surface area contributed by atoms with Crippen molar-refractivity contribution in [2.75, 3.05) is 26.2 Å². The van der Waals surface area contributed by atoms with Crippen molar-refractivity contribution < 1.29 is 17.8 Å². The predicted octanol–water partition coefficient (Wildman–Crippen LogP) is 1.86. The van der Waals surface area contributed by atoms with Gasteiger partial charge in [0.05, 0.1) is 5.41 Å². The fraction of sp³-hybridized carbons (Fsp3) is 0.611. The quantitative estimate of drug-likeness (QED) is 0.788. The van der Waals surface area contributed by atoms with Gasteiger partial charge in [0, 0.05) is 26.2 Å². The number of carbonyl (C=O) groups is 1. The molecule has 0 N–H and O–H groups in total. The number of amides is 1. The summed E-state index contributed by atoms with van der Waals surface area (Å²) in [5.74, 6) is 0.0935. The van der Waals surface area contributed by atoms with Crippen LogP contribution >= 0.6 is 0 Å². The van der Waals surface area contributed by atoms with E-state index in [1.807, 2.05) is 18.7 Å². The minimum Gasteiger partial charge on any atom is -0.342 e. The second-order valence-corrected chi connectivity index (χ2v) is 9.59.